The van der Waals surface area contributed by atoms with Crippen LogP contribution >= 0.6 is 11.8 Å². The zero-order chi connectivity index (χ0) is 14.1. The molecule has 102 valence electrons. The number of nitrogens with two attached hydrogens (primary N) is 1. The van der Waals surface area contributed by atoms with Gasteiger partial charge in [0.2, 0.25) is 0 Å². The average molecular weight is 281 g/mol. The molecule has 6 heteroatoms. The van der Waals surface area contributed by atoms with E-state index in [-0.39, 0.29) is 11.4 Å². The zero-order valence-electron chi connectivity index (χ0n) is 10.4. The van der Waals surface area contributed by atoms with E-state index in [9.17, 15) is 4.39 Å². The van der Waals surface area contributed by atoms with Gasteiger partial charge in [0, 0.05) is 24.4 Å². The Balaban J connectivity index is 2.53. The van der Waals surface area contributed by atoms with Crippen LogP contribution in [0.25, 0.3) is 0 Å². The third-order valence-electron chi connectivity index (χ3n) is 2.39. The van der Waals surface area contributed by atoms with Gasteiger partial charge in [0.1, 0.15) is 5.82 Å². The highest BCUT2D eigenvalue weighted by molar-refractivity contribution is 7.99. The lowest BCUT2D eigenvalue weighted by molar-refractivity contribution is 0.318. The summed E-state index contributed by atoms with van der Waals surface area (Å²) >= 11 is 1.64. The number of halogens is 1. The minimum Gasteiger partial charge on any atom is -0.409 e. The highest BCUT2D eigenvalue weighted by Crippen LogP contribution is 2.12. The Kier molecular flexibility index (Phi) is 6.79. The molecule has 0 atom stereocenters. The second kappa shape index (κ2) is 8.40. The summed E-state index contributed by atoms with van der Waals surface area (Å²) in [6.45, 7) is 1.12. The normalized spacial score (nSPS) is 11.3. The molecule has 19 heavy (non-hydrogen) atoms. The number of thioether (sulfide) groups is 1. The number of rotatable bonds is 7. The maximum atomic E-state index is 14.0. The molecular formula is C13H16FN3OS. The predicted molar refractivity (Wildman–Crippen MR) is 76.8 cm³/mol. The van der Waals surface area contributed by atoms with E-state index in [1.54, 1.807) is 23.9 Å². The topological polar surface area (TPSA) is 70.6 Å². The van der Waals surface area contributed by atoms with Gasteiger partial charge in [-0.05, 0) is 6.07 Å². The van der Waals surface area contributed by atoms with Gasteiger partial charge in [-0.15, -0.1) is 18.2 Å². The van der Waals surface area contributed by atoms with Crippen molar-refractivity contribution in [3.63, 3.8) is 0 Å². The van der Waals surface area contributed by atoms with Crippen molar-refractivity contribution in [1.82, 2.24) is 5.32 Å². The summed E-state index contributed by atoms with van der Waals surface area (Å²) in [6.07, 6.45) is 5.13. The van der Waals surface area contributed by atoms with Crippen LogP contribution < -0.4 is 11.1 Å². The van der Waals surface area contributed by atoms with Crippen LogP contribution in [0.4, 0.5) is 4.39 Å². The van der Waals surface area contributed by atoms with Gasteiger partial charge in [-0.3, -0.25) is 0 Å². The molecule has 0 saturated carbocycles. The number of terminal acetylenes is 1. The summed E-state index contributed by atoms with van der Waals surface area (Å²) in [5, 5.41) is 14.5. The SMILES string of the molecule is C#CCSCCNCc1cccc(/C(N)=N\O)c1F. The van der Waals surface area contributed by atoms with Crippen LogP contribution in [0.5, 0.6) is 0 Å². The fourth-order valence-electron chi connectivity index (χ4n) is 1.47. The molecule has 0 unspecified atom stereocenters. The van der Waals surface area contributed by atoms with Crippen LogP contribution in [0.1, 0.15) is 11.1 Å². The molecule has 0 heterocycles. The van der Waals surface area contributed by atoms with Gasteiger partial charge in [-0.2, -0.15) is 0 Å². The van der Waals surface area contributed by atoms with Crippen molar-refractivity contribution in [2.45, 2.75) is 6.54 Å². The molecule has 0 aliphatic carbocycles. The number of hydrogen-bond donors (Lipinski definition) is 3. The number of hydrogen-bond acceptors (Lipinski definition) is 4. The quantitative estimate of drug-likeness (QED) is 0.176. The molecule has 0 saturated heterocycles. The highest BCUT2D eigenvalue weighted by Gasteiger charge is 2.10. The first kappa shape index (κ1) is 15.3. The zero-order valence-corrected chi connectivity index (χ0v) is 11.2. The van der Waals surface area contributed by atoms with Crippen molar-refractivity contribution >= 4 is 17.6 Å². The van der Waals surface area contributed by atoms with E-state index >= 15 is 0 Å². The van der Waals surface area contributed by atoms with E-state index in [0.717, 1.165) is 12.3 Å². The molecule has 0 aliphatic heterocycles. The lowest BCUT2D eigenvalue weighted by Gasteiger charge is -2.08. The first-order valence-electron chi connectivity index (χ1n) is 5.68. The summed E-state index contributed by atoms with van der Waals surface area (Å²) < 4.78 is 14.0. The minimum absolute atomic E-state index is 0.100. The lowest BCUT2D eigenvalue weighted by atomic mass is 10.1. The van der Waals surface area contributed by atoms with Crippen LogP contribution in [0.3, 0.4) is 0 Å². The van der Waals surface area contributed by atoms with E-state index in [1.165, 1.54) is 6.07 Å². The van der Waals surface area contributed by atoms with Gasteiger partial charge < -0.3 is 16.3 Å². The van der Waals surface area contributed by atoms with Gasteiger partial charge in [-0.25, -0.2) is 4.39 Å². The smallest absolute Gasteiger partial charge is 0.173 e. The van der Waals surface area contributed by atoms with Crippen LogP contribution in [-0.2, 0) is 6.54 Å². The van der Waals surface area contributed by atoms with Crippen molar-refractivity contribution < 1.29 is 9.60 Å². The number of nitrogens with one attached hydrogen (secondary N) is 1. The predicted octanol–water partition coefficient (Wildman–Crippen LogP) is 1.38. The Morgan fingerprint density at radius 1 is 1.58 bits per heavy atom. The Morgan fingerprint density at radius 3 is 3.05 bits per heavy atom. The van der Waals surface area contributed by atoms with Crippen molar-refractivity contribution in [2.24, 2.45) is 10.9 Å². The Labute approximate surface area is 116 Å². The highest BCUT2D eigenvalue weighted by atomic mass is 32.2. The first-order valence-corrected chi connectivity index (χ1v) is 6.83. The van der Waals surface area contributed by atoms with Crippen molar-refractivity contribution in [3.8, 4) is 12.3 Å². The van der Waals surface area contributed by atoms with E-state index in [2.05, 4.69) is 16.4 Å². The van der Waals surface area contributed by atoms with Gasteiger partial charge in [-0.1, -0.05) is 23.2 Å². The number of nitrogens with zero attached hydrogens (tertiary/aromatic N) is 1. The van der Waals surface area contributed by atoms with Crippen LogP contribution in [0.2, 0.25) is 0 Å². The first-order chi connectivity index (χ1) is 9.20. The molecule has 1 rings (SSSR count). The fourth-order valence-corrected chi connectivity index (χ4v) is 2.02. The Bertz CT molecular complexity index is 485. The summed E-state index contributed by atoms with van der Waals surface area (Å²) in [4.78, 5) is 0. The third-order valence-corrected chi connectivity index (χ3v) is 3.25. The van der Waals surface area contributed by atoms with E-state index < -0.39 is 5.82 Å². The number of oxime groups is 1. The van der Waals surface area contributed by atoms with Gasteiger partial charge in [0.25, 0.3) is 0 Å². The van der Waals surface area contributed by atoms with E-state index in [4.69, 9.17) is 17.4 Å². The molecule has 0 amide bonds. The molecule has 0 aliphatic rings. The molecular weight excluding hydrogens is 265 g/mol. The number of amidine groups is 1. The molecule has 0 fully saturated rings. The molecule has 1 aromatic rings. The molecule has 0 radical (unpaired) electrons. The van der Waals surface area contributed by atoms with Gasteiger partial charge >= 0.3 is 0 Å². The minimum atomic E-state index is -0.471. The molecule has 1 aromatic carbocycles. The Morgan fingerprint density at radius 2 is 2.37 bits per heavy atom. The van der Waals surface area contributed by atoms with Crippen molar-refractivity contribution in [3.05, 3.63) is 35.1 Å². The van der Waals surface area contributed by atoms with Gasteiger partial charge in [0.05, 0.1) is 11.3 Å². The average Bonchev–Trinajstić information content (AvgIpc) is 2.43. The largest absolute Gasteiger partial charge is 0.409 e. The van der Waals surface area contributed by atoms with Crippen molar-refractivity contribution in [2.75, 3.05) is 18.1 Å². The summed E-state index contributed by atoms with van der Waals surface area (Å²) in [6, 6.07) is 4.79. The second-order valence-corrected chi connectivity index (χ2v) is 4.80. The third kappa shape index (κ3) is 4.81. The lowest BCUT2D eigenvalue weighted by Crippen LogP contribution is -2.20. The van der Waals surface area contributed by atoms with Crippen LogP contribution in [-0.4, -0.2) is 29.1 Å². The van der Waals surface area contributed by atoms with Crippen molar-refractivity contribution in [1.29, 1.82) is 0 Å². The molecule has 0 bridgehead atoms. The standard InChI is InChI=1S/C13H16FN3OS/c1-2-7-19-8-6-16-9-10-4-3-5-11(12(10)14)13(15)17-18/h1,3-5,16,18H,6-9H2,(H2,15,17). The second-order valence-electron chi connectivity index (χ2n) is 3.70. The summed E-state index contributed by atoms with van der Waals surface area (Å²) in [7, 11) is 0. The molecule has 0 spiro atoms. The summed E-state index contributed by atoms with van der Waals surface area (Å²) in [5.74, 6) is 3.38. The van der Waals surface area contributed by atoms with Crippen LogP contribution in [0, 0.1) is 18.2 Å². The molecule has 0 aromatic heterocycles. The summed E-state index contributed by atoms with van der Waals surface area (Å²) in [5.41, 5.74) is 5.97. The van der Waals surface area contributed by atoms with Crippen LogP contribution in [0.15, 0.2) is 23.4 Å². The molecule has 4 N–H and O–H groups in total. The molecule has 4 nitrogen and oxygen atoms in total. The fraction of sp³-hybridized carbons (Fsp3) is 0.308. The maximum absolute atomic E-state index is 14.0. The van der Waals surface area contributed by atoms with E-state index in [0.29, 0.717) is 17.9 Å². The maximum Gasteiger partial charge on any atom is 0.173 e. The van der Waals surface area contributed by atoms with Gasteiger partial charge in [0.15, 0.2) is 5.84 Å². The monoisotopic (exact) mass is 281 g/mol. The van der Waals surface area contributed by atoms with E-state index in [1.807, 2.05) is 0 Å². The number of benzene rings is 1. The Hall–Kier alpha value is -1.71.